The third kappa shape index (κ3) is 5.58. The molecule has 0 saturated carbocycles. The molecule has 96 valence electrons. The molecule has 8 heteroatoms. The van der Waals surface area contributed by atoms with Crippen molar-refractivity contribution in [1.29, 1.82) is 0 Å². The topological polar surface area (TPSA) is 75.3 Å². The Balaban J connectivity index is 0. The number of anilines is 1. The molecule has 0 aliphatic rings. The zero-order valence-electron chi connectivity index (χ0n) is 11.4. The summed E-state index contributed by atoms with van der Waals surface area (Å²) in [6.07, 6.45) is 0. The first kappa shape index (κ1) is 17.7. The fourth-order valence-corrected chi connectivity index (χ4v) is 1.61. The van der Waals surface area contributed by atoms with Crippen LogP contribution in [0.2, 0.25) is 5.02 Å². The molecule has 18 heavy (non-hydrogen) atoms. The van der Waals surface area contributed by atoms with Crippen LogP contribution in [0.1, 0.15) is 15.3 Å². The minimum absolute atomic E-state index is 0. The summed E-state index contributed by atoms with van der Waals surface area (Å²) < 4.78 is 24.7. The Morgan fingerprint density at radius 3 is 2.22 bits per heavy atom. The number of hydrogen-bond acceptors (Lipinski definition) is 3. The average molecular weight is 301 g/mol. The molecule has 0 bridgehead atoms. The first-order chi connectivity index (χ1) is 7.81. The fourth-order valence-electron chi connectivity index (χ4n) is 0.937. The van der Waals surface area contributed by atoms with Crippen molar-refractivity contribution < 1.29 is 44.2 Å². The van der Waals surface area contributed by atoms with E-state index in [0.29, 0.717) is 10.7 Å². The molecule has 0 atom stereocenters. The molecule has 5 nitrogen and oxygen atoms in total. The summed E-state index contributed by atoms with van der Waals surface area (Å²) >= 11 is 5.67. The molecular weight excluding hydrogens is 287 g/mol. The number of benzene rings is 1. The molecule has 1 rings (SSSR count). The minimum Gasteiger partial charge on any atom is -1.00 e. The molecule has 0 heterocycles. The number of amides is 2. The predicted octanol–water partition coefficient (Wildman–Crippen LogP) is -0.684. The van der Waals surface area contributed by atoms with Crippen LogP contribution in [0.4, 0.5) is 10.5 Å². The summed E-state index contributed by atoms with van der Waals surface area (Å²) in [7, 11) is -3.61. The first-order valence-electron chi connectivity index (χ1n) is 4.89. The number of nitrogens with one attached hydrogen (secondary N) is 2. The van der Waals surface area contributed by atoms with Gasteiger partial charge in [0.15, 0.2) is 0 Å². The quantitative estimate of drug-likeness (QED) is 0.726. The molecule has 2 amide bonds. The Labute approximate surface area is 135 Å². The van der Waals surface area contributed by atoms with E-state index in [1.807, 2.05) is 4.72 Å². The van der Waals surface area contributed by atoms with Gasteiger partial charge < -0.3 is 6.74 Å². The maximum Gasteiger partial charge on any atom is 1.00 e. The van der Waals surface area contributed by atoms with Crippen molar-refractivity contribution in [2.75, 3.05) is 5.32 Å². The van der Waals surface area contributed by atoms with Crippen LogP contribution in [0, 0.1) is 0 Å². The van der Waals surface area contributed by atoms with Crippen LogP contribution >= 0.6 is 11.6 Å². The van der Waals surface area contributed by atoms with Crippen molar-refractivity contribution in [2.24, 2.45) is 0 Å². The molecule has 0 radical (unpaired) electrons. The molecule has 2 N–H and O–H groups in total. The van der Waals surface area contributed by atoms with Gasteiger partial charge in [-0.3, -0.25) is 0 Å². The summed E-state index contributed by atoms with van der Waals surface area (Å²) in [6, 6.07) is 5.54. The van der Waals surface area contributed by atoms with Crippen molar-refractivity contribution >= 4 is 33.3 Å². The van der Waals surface area contributed by atoms with Gasteiger partial charge in [-0.05, 0) is 38.1 Å². The van der Waals surface area contributed by atoms with Crippen molar-refractivity contribution in [3.05, 3.63) is 29.3 Å². The van der Waals surface area contributed by atoms with Crippen LogP contribution in [-0.2, 0) is 10.0 Å². The van der Waals surface area contributed by atoms with Crippen LogP contribution in [0.3, 0.4) is 0 Å². The van der Waals surface area contributed by atoms with Crippen molar-refractivity contribution in [3.8, 4) is 0 Å². The summed E-state index contributed by atoms with van der Waals surface area (Å²) in [6.45, 7) is 2.97. The molecular formula is C10H14ClN2NaO3S. The number of urea groups is 1. The Morgan fingerprint density at radius 2 is 1.78 bits per heavy atom. The van der Waals surface area contributed by atoms with E-state index in [1.54, 1.807) is 24.3 Å². The standard InChI is InChI=1S/C10H13ClN2O3S.Na.H/c1-7(2)17(15,16)13-10(14)12-9-5-3-8(11)4-6-9;;/h3-7H,1-2H3,(H2,12,13,14);;/q;+1;-1. The number of halogens is 1. The van der Waals surface area contributed by atoms with Crippen molar-refractivity contribution in [1.82, 2.24) is 4.72 Å². The van der Waals surface area contributed by atoms with Gasteiger partial charge in [0, 0.05) is 10.7 Å². The number of sulfonamides is 1. The van der Waals surface area contributed by atoms with E-state index in [9.17, 15) is 13.2 Å². The minimum atomic E-state index is -3.61. The van der Waals surface area contributed by atoms with E-state index in [-0.39, 0.29) is 31.0 Å². The second-order valence-electron chi connectivity index (χ2n) is 3.66. The number of carbonyl (C=O) groups excluding carboxylic acids is 1. The van der Waals surface area contributed by atoms with E-state index in [4.69, 9.17) is 11.6 Å². The zero-order valence-corrected chi connectivity index (χ0v) is 14.0. The first-order valence-corrected chi connectivity index (χ1v) is 6.82. The number of carbonyl (C=O) groups is 1. The van der Waals surface area contributed by atoms with Gasteiger partial charge in [-0.1, -0.05) is 11.6 Å². The molecule has 1 aromatic carbocycles. The van der Waals surface area contributed by atoms with E-state index in [2.05, 4.69) is 5.32 Å². The molecule has 0 aliphatic carbocycles. The molecule has 0 aliphatic heterocycles. The van der Waals surface area contributed by atoms with E-state index >= 15 is 0 Å². The molecule has 0 aromatic heterocycles. The van der Waals surface area contributed by atoms with Crippen LogP contribution in [0.25, 0.3) is 0 Å². The van der Waals surface area contributed by atoms with Gasteiger partial charge in [0.25, 0.3) is 0 Å². The Morgan fingerprint density at radius 1 is 1.28 bits per heavy atom. The van der Waals surface area contributed by atoms with E-state index in [1.165, 1.54) is 13.8 Å². The monoisotopic (exact) mass is 300 g/mol. The molecule has 1 aromatic rings. The SMILES string of the molecule is CC(C)S(=O)(=O)NC(=O)Nc1ccc(Cl)cc1.[H-].[Na+]. The predicted molar refractivity (Wildman–Crippen MR) is 68.8 cm³/mol. The average Bonchev–Trinajstić information content (AvgIpc) is 2.20. The van der Waals surface area contributed by atoms with Gasteiger partial charge in [0.05, 0.1) is 5.25 Å². The summed E-state index contributed by atoms with van der Waals surface area (Å²) in [5, 5.41) is 2.26. The van der Waals surface area contributed by atoms with Crippen LogP contribution < -0.4 is 39.6 Å². The summed E-state index contributed by atoms with van der Waals surface area (Å²) in [4.78, 5) is 11.4. The Bertz CT molecular complexity index is 508. The van der Waals surface area contributed by atoms with Crippen molar-refractivity contribution in [2.45, 2.75) is 19.1 Å². The van der Waals surface area contributed by atoms with Crippen molar-refractivity contribution in [3.63, 3.8) is 0 Å². The third-order valence-electron chi connectivity index (χ3n) is 1.96. The van der Waals surface area contributed by atoms with E-state index in [0.717, 1.165) is 0 Å². The Kier molecular flexibility index (Phi) is 7.24. The third-order valence-corrected chi connectivity index (χ3v) is 3.92. The van der Waals surface area contributed by atoms with E-state index < -0.39 is 21.3 Å². The summed E-state index contributed by atoms with van der Waals surface area (Å²) in [5.41, 5.74) is 0.464. The van der Waals surface area contributed by atoms with Gasteiger partial charge in [-0.15, -0.1) is 0 Å². The fraction of sp³-hybridized carbons (Fsp3) is 0.300. The van der Waals surface area contributed by atoms with Crippen LogP contribution in [0.15, 0.2) is 24.3 Å². The maximum absolute atomic E-state index is 11.4. The second kappa shape index (κ2) is 7.35. The smallest absolute Gasteiger partial charge is 1.00 e. The second-order valence-corrected chi connectivity index (χ2v) is 6.33. The largest absolute Gasteiger partial charge is 1.00 e. The van der Waals surface area contributed by atoms with Gasteiger partial charge in [0.1, 0.15) is 0 Å². The molecule has 0 saturated heterocycles. The number of rotatable bonds is 3. The van der Waals surface area contributed by atoms with Gasteiger partial charge in [-0.2, -0.15) is 0 Å². The van der Waals surface area contributed by atoms with Crippen LogP contribution in [0.5, 0.6) is 0 Å². The van der Waals surface area contributed by atoms with Gasteiger partial charge in [-0.25, -0.2) is 17.9 Å². The molecule has 0 fully saturated rings. The maximum atomic E-state index is 11.4. The Hall–Kier alpha value is -0.270. The number of hydrogen-bond donors (Lipinski definition) is 2. The summed E-state index contributed by atoms with van der Waals surface area (Å²) in [5.74, 6) is 0. The van der Waals surface area contributed by atoms with Gasteiger partial charge >= 0.3 is 35.6 Å². The normalized spacial score (nSPS) is 10.7. The van der Waals surface area contributed by atoms with Gasteiger partial charge in [0.2, 0.25) is 10.0 Å². The molecule has 0 spiro atoms. The zero-order chi connectivity index (χ0) is 13.1. The molecule has 0 unspecified atom stereocenters. The van der Waals surface area contributed by atoms with Crippen LogP contribution in [-0.4, -0.2) is 19.7 Å².